The average Bonchev–Trinajstić information content (AvgIpc) is 2.50. The Kier molecular flexibility index (Phi) is 5.77. The van der Waals surface area contributed by atoms with Crippen molar-refractivity contribution in [3.05, 3.63) is 29.8 Å². The summed E-state index contributed by atoms with van der Waals surface area (Å²) in [5.74, 6) is 0.133. The molecule has 1 aliphatic heterocycles. The summed E-state index contributed by atoms with van der Waals surface area (Å²) in [6, 6.07) is 8.05. The second-order valence-corrected chi connectivity index (χ2v) is 6.57. The van der Waals surface area contributed by atoms with Crippen LogP contribution in [0.5, 0.6) is 0 Å². The summed E-state index contributed by atoms with van der Waals surface area (Å²) < 4.78 is 4.90. The van der Waals surface area contributed by atoms with Crippen molar-refractivity contribution in [3.63, 3.8) is 0 Å². The van der Waals surface area contributed by atoms with E-state index < -0.39 is 0 Å². The standard InChI is InChI=1S/C18H26N2O3/c1-18(2)13-17(22)20(15-8-5-4-7-14(15)18)11-6-9-16(21)19-10-12-23-3/h4-5,7-8H,6,9-13H2,1-3H3,(H,19,21). The molecule has 1 N–H and O–H groups in total. The van der Waals surface area contributed by atoms with Crippen LogP contribution in [-0.4, -0.2) is 38.6 Å². The number of benzene rings is 1. The molecule has 1 aromatic carbocycles. The molecule has 0 saturated heterocycles. The second kappa shape index (κ2) is 7.59. The van der Waals surface area contributed by atoms with Gasteiger partial charge in [-0.15, -0.1) is 0 Å². The van der Waals surface area contributed by atoms with E-state index in [4.69, 9.17) is 4.74 Å². The van der Waals surface area contributed by atoms with Gasteiger partial charge in [-0.1, -0.05) is 32.0 Å². The molecule has 1 heterocycles. The fraction of sp³-hybridized carbons (Fsp3) is 0.556. The van der Waals surface area contributed by atoms with E-state index in [9.17, 15) is 9.59 Å². The highest BCUT2D eigenvalue weighted by molar-refractivity contribution is 5.97. The lowest BCUT2D eigenvalue weighted by Gasteiger charge is -2.38. The van der Waals surface area contributed by atoms with Crippen molar-refractivity contribution in [3.8, 4) is 0 Å². The van der Waals surface area contributed by atoms with Gasteiger partial charge in [0.15, 0.2) is 0 Å². The van der Waals surface area contributed by atoms with Gasteiger partial charge in [0.05, 0.1) is 6.61 Å². The van der Waals surface area contributed by atoms with Gasteiger partial charge in [0.1, 0.15) is 0 Å². The Morgan fingerprint density at radius 1 is 1.35 bits per heavy atom. The molecule has 0 spiro atoms. The maximum atomic E-state index is 12.5. The molecule has 1 aliphatic rings. The number of ether oxygens (including phenoxy) is 1. The molecule has 0 atom stereocenters. The molecule has 0 unspecified atom stereocenters. The zero-order chi connectivity index (χ0) is 16.9. The van der Waals surface area contributed by atoms with Gasteiger partial charge in [-0.2, -0.15) is 0 Å². The van der Waals surface area contributed by atoms with Crippen LogP contribution in [0.4, 0.5) is 5.69 Å². The number of para-hydroxylation sites is 1. The van der Waals surface area contributed by atoms with Crippen LogP contribution in [0.25, 0.3) is 0 Å². The SMILES string of the molecule is COCCNC(=O)CCCN1C(=O)CC(C)(C)c2ccccc21. The Balaban J connectivity index is 1.95. The van der Waals surface area contributed by atoms with Gasteiger partial charge in [0.2, 0.25) is 11.8 Å². The van der Waals surface area contributed by atoms with Crippen molar-refractivity contribution in [2.75, 3.05) is 31.7 Å². The molecule has 0 saturated carbocycles. The van der Waals surface area contributed by atoms with Crippen molar-refractivity contribution in [1.29, 1.82) is 0 Å². The van der Waals surface area contributed by atoms with Crippen molar-refractivity contribution < 1.29 is 14.3 Å². The first-order valence-electron chi connectivity index (χ1n) is 8.11. The van der Waals surface area contributed by atoms with Gasteiger partial charge < -0.3 is 15.0 Å². The van der Waals surface area contributed by atoms with E-state index in [0.717, 1.165) is 5.69 Å². The summed E-state index contributed by atoms with van der Waals surface area (Å²) in [7, 11) is 1.60. The van der Waals surface area contributed by atoms with Crippen LogP contribution < -0.4 is 10.2 Å². The zero-order valence-electron chi connectivity index (χ0n) is 14.2. The molecule has 126 valence electrons. The molecular formula is C18H26N2O3. The first-order chi connectivity index (χ1) is 11.0. The van der Waals surface area contributed by atoms with E-state index in [1.807, 2.05) is 23.1 Å². The summed E-state index contributed by atoms with van der Waals surface area (Å²) in [5.41, 5.74) is 2.04. The predicted molar refractivity (Wildman–Crippen MR) is 90.6 cm³/mol. The Bertz CT molecular complexity index is 569. The molecule has 0 radical (unpaired) electrons. The smallest absolute Gasteiger partial charge is 0.227 e. The monoisotopic (exact) mass is 318 g/mol. The van der Waals surface area contributed by atoms with E-state index in [1.165, 1.54) is 5.56 Å². The molecule has 2 rings (SSSR count). The minimum absolute atomic E-state index is 0.000114. The molecule has 23 heavy (non-hydrogen) atoms. The molecule has 1 aromatic rings. The fourth-order valence-corrected chi connectivity index (χ4v) is 3.01. The van der Waals surface area contributed by atoms with Crippen LogP contribution in [0, 0.1) is 0 Å². The molecular weight excluding hydrogens is 292 g/mol. The fourth-order valence-electron chi connectivity index (χ4n) is 3.01. The summed E-state index contributed by atoms with van der Waals surface area (Å²) in [5, 5.41) is 2.80. The number of hydrogen-bond acceptors (Lipinski definition) is 3. The number of carbonyl (C=O) groups excluding carboxylic acids is 2. The van der Waals surface area contributed by atoms with E-state index >= 15 is 0 Å². The predicted octanol–water partition coefficient (Wildman–Crippen LogP) is 2.24. The highest BCUT2D eigenvalue weighted by Gasteiger charge is 2.35. The summed E-state index contributed by atoms with van der Waals surface area (Å²) in [4.78, 5) is 26.0. The van der Waals surface area contributed by atoms with Gasteiger partial charge >= 0.3 is 0 Å². The number of methoxy groups -OCH3 is 1. The molecule has 0 fully saturated rings. The molecule has 0 aliphatic carbocycles. The average molecular weight is 318 g/mol. The first-order valence-corrected chi connectivity index (χ1v) is 8.11. The minimum Gasteiger partial charge on any atom is -0.383 e. The van der Waals surface area contributed by atoms with Gasteiger partial charge in [-0.25, -0.2) is 0 Å². The maximum absolute atomic E-state index is 12.5. The summed E-state index contributed by atoms with van der Waals surface area (Å²) >= 11 is 0. The molecule has 0 aromatic heterocycles. The Hall–Kier alpha value is -1.88. The molecule has 2 amide bonds. The van der Waals surface area contributed by atoms with Crippen LogP contribution >= 0.6 is 0 Å². The zero-order valence-corrected chi connectivity index (χ0v) is 14.2. The topological polar surface area (TPSA) is 58.6 Å². The van der Waals surface area contributed by atoms with Crippen LogP contribution in [0.2, 0.25) is 0 Å². The van der Waals surface area contributed by atoms with E-state index in [1.54, 1.807) is 7.11 Å². The Labute approximate surface area is 138 Å². The number of anilines is 1. The highest BCUT2D eigenvalue weighted by atomic mass is 16.5. The normalized spacial score (nSPS) is 16.1. The summed E-state index contributed by atoms with van der Waals surface area (Å²) in [6.07, 6.45) is 1.57. The van der Waals surface area contributed by atoms with Crippen molar-refractivity contribution in [1.82, 2.24) is 5.32 Å². The van der Waals surface area contributed by atoms with Gasteiger partial charge in [-0.3, -0.25) is 9.59 Å². The lowest BCUT2D eigenvalue weighted by Crippen LogP contribution is -2.42. The molecule has 5 heteroatoms. The number of nitrogens with zero attached hydrogens (tertiary/aromatic N) is 1. The molecule has 5 nitrogen and oxygen atoms in total. The van der Waals surface area contributed by atoms with Gasteiger partial charge in [0, 0.05) is 44.1 Å². The van der Waals surface area contributed by atoms with Crippen LogP contribution in [0.15, 0.2) is 24.3 Å². The number of hydrogen-bond donors (Lipinski definition) is 1. The Morgan fingerprint density at radius 3 is 2.83 bits per heavy atom. The first kappa shape index (κ1) is 17.5. The number of nitrogens with one attached hydrogen (secondary N) is 1. The number of carbonyl (C=O) groups is 2. The maximum Gasteiger partial charge on any atom is 0.227 e. The lowest BCUT2D eigenvalue weighted by molar-refractivity contribution is -0.122. The van der Waals surface area contributed by atoms with Crippen LogP contribution in [0.3, 0.4) is 0 Å². The van der Waals surface area contributed by atoms with Gasteiger partial charge in [-0.05, 0) is 18.1 Å². The number of amides is 2. The quantitative estimate of drug-likeness (QED) is 0.785. The van der Waals surface area contributed by atoms with Gasteiger partial charge in [0.25, 0.3) is 0 Å². The number of rotatable bonds is 7. The second-order valence-electron chi connectivity index (χ2n) is 6.57. The van der Waals surface area contributed by atoms with E-state index in [2.05, 4.69) is 25.2 Å². The highest BCUT2D eigenvalue weighted by Crippen LogP contribution is 2.39. The third-order valence-electron chi connectivity index (χ3n) is 4.23. The largest absolute Gasteiger partial charge is 0.383 e. The Morgan fingerprint density at radius 2 is 2.09 bits per heavy atom. The third-order valence-corrected chi connectivity index (χ3v) is 4.23. The summed E-state index contributed by atoms with van der Waals surface area (Å²) in [6.45, 7) is 5.81. The van der Waals surface area contributed by atoms with E-state index in [0.29, 0.717) is 39.0 Å². The van der Waals surface area contributed by atoms with E-state index in [-0.39, 0.29) is 17.2 Å². The molecule has 0 bridgehead atoms. The van der Waals surface area contributed by atoms with Crippen LogP contribution in [-0.2, 0) is 19.7 Å². The lowest BCUT2D eigenvalue weighted by atomic mass is 9.77. The number of fused-ring (bicyclic) bond motifs is 1. The van der Waals surface area contributed by atoms with Crippen molar-refractivity contribution in [2.24, 2.45) is 0 Å². The van der Waals surface area contributed by atoms with Crippen molar-refractivity contribution in [2.45, 2.75) is 38.5 Å². The minimum atomic E-state index is -0.137. The third kappa shape index (κ3) is 4.32. The van der Waals surface area contributed by atoms with Crippen molar-refractivity contribution >= 4 is 17.5 Å². The van der Waals surface area contributed by atoms with Crippen LogP contribution in [0.1, 0.15) is 38.7 Å².